The van der Waals surface area contributed by atoms with Gasteiger partial charge in [-0.2, -0.15) is 0 Å². The molecule has 0 saturated carbocycles. The van der Waals surface area contributed by atoms with Crippen molar-refractivity contribution in [2.45, 2.75) is 25.8 Å². The summed E-state index contributed by atoms with van der Waals surface area (Å²) in [5.41, 5.74) is 2.18. The first-order chi connectivity index (χ1) is 11.0. The highest BCUT2D eigenvalue weighted by molar-refractivity contribution is 6.30. The summed E-state index contributed by atoms with van der Waals surface area (Å²) in [6.07, 6.45) is 1.79. The van der Waals surface area contributed by atoms with E-state index < -0.39 is 0 Å². The van der Waals surface area contributed by atoms with Crippen molar-refractivity contribution in [3.63, 3.8) is 0 Å². The first-order valence-corrected chi connectivity index (χ1v) is 7.99. The van der Waals surface area contributed by atoms with E-state index in [4.69, 9.17) is 11.6 Å². The first kappa shape index (κ1) is 17.3. The summed E-state index contributed by atoms with van der Waals surface area (Å²) >= 11 is 5.96. The largest absolute Gasteiger partial charge is 0.356 e. The van der Waals surface area contributed by atoms with Gasteiger partial charge in [0.1, 0.15) is 0 Å². The molecule has 0 amide bonds. The Labute approximate surface area is 143 Å². The summed E-state index contributed by atoms with van der Waals surface area (Å²) < 4.78 is 0. The molecular weight excluding hydrogens is 308 g/mol. The fraction of sp³-hybridized carbons (Fsp3) is 0.333. The number of rotatable bonds is 5. The van der Waals surface area contributed by atoms with Gasteiger partial charge in [-0.25, -0.2) is 0 Å². The maximum atomic E-state index is 5.96. The predicted molar refractivity (Wildman–Crippen MR) is 96.9 cm³/mol. The molecule has 1 heterocycles. The van der Waals surface area contributed by atoms with Crippen molar-refractivity contribution >= 4 is 17.6 Å². The zero-order valence-corrected chi connectivity index (χ0v) is 14.6. The lowest BCUT2D eigenvalue weighted by atomic mass is 9.85. The second-order valence-corrected chi connectivity index (χ2v) is 6.43. The van der Waals surface area contributed by atoms with E-state index >= 15 is 0 Å². The van der Waals surface area contributed by atoms with Crippen LogP contribution in [0.4, 0.5) is 0 Å². The van der Waals surface area contributed by atoms with E-state index in [1.807, 2.05) is 30.3 Å². The van der Waals surface area contributed by atoms with Gasteiger partial charge in [0.05, 0.1) is 12.2 Å². The number of aliphatic imine (C=N–C) groups is 1. The normalized spacial score (nSPS) is 12.1. The predicted octanol–water partition coefficient (Wildman–Crippen LogP) is 3.38. The van der Waals surface area contributed by atoms with E-state index in [2.05, 4.69) is 46.6 Å². The summed E-state index contributed by atoms with van der Waals surface area (Å²) in [6, 6.07) is 13.8. The Morgan fingerprint density at radius 3 is 2.48 bits per heavy atom. The van der Waals surface area contributed by atoms with Crippen molar-refractivity contribution in [3.8, 4) is 0 Å². The molecule has 2 rings (SSSR count). The van der Waals surface area contributed by atoms with Gasteiger partial charge in [-0.05, 0) is 29.8 Å². The van der Waals surface area contributed by atoms with Crippen molar-refractivity contribution in [2.75, 3.05) is 13.6 Å². The van der Waals surface area contributed by atoms with Crippen LogP contribution in [0.25, 0.3) is 0 Å². The third kappa shape index (κ3) is 5.25. The monoisotopic (exact) mass is 330 g/mol. The molecule has 2 aromatic rings. The number of aromatic nitrogens is 1. The van der Waals surface area contributed by atoms with Gasteiger partial charge in [-0.15, -0.1) is 0 Å². The average Bonchev–Trinajstić information content (AvgIpc) is 2.56. The number of hydrogen-bond donors (Lipinski definition) is 2. The molecular formula is C18H23ClN4. The standard InChI is InChI=1S/C18H23ClN4/c1-18(2,14-7-9-15(19)10-8-14)13-23-17(20-3)22-12-16-6-4-5-11-21-16/h4-11H,12-13H2,1-3H3,(H2,20,22,23). The number of nitrogens with one attached hydrogen (secondary N) is 2. The van der Waals surface area contributed by atoms with Crippen LogP contribution in [-0.4, -0.2) is 24.5 Å². The summed E-state index contributed by atoms with van der Waals surface area (Å²) in [4.78, 5) is 8.55. The highest BCUT2D eigenvalue weighted by Crippen LogP contribution is 2.23. The summed E-state index contributed by atoms with van der Waals surface area (Å²) in [5.74, 6) is 0.762. The SMILES string of the molecule is CN=C(NCc1ccccn1)NCC(C)(C)c1ccc(Cl)cc1. The average molecular weight is 331 g/mol. The van der Waals surface area contributed by atoms with Gasteiger partial charge in [0.15, 0.2) is 5.96 Å². The van der Waals surface area contributed by atoms with Crippen molar-refractivity contribution < 1.29 is 0 Å². The minimum atomic E-state index is -0.0345. The number of guanidine groups is 1. The lowest BCUT2D eigenvalue weighted by molar-refractivity contribution is 0.508. The van der Waals surface area contributed by atoms with Crippen LogP contribution < -0.4 is 10.6 Å². The maximum Gasteiger partial charge on any atom is 0.191 e. The van der Waals surface area contributed by atoms with Crippen LogP contribution in [0.15, 0.2) is 53.7 Å². The van der Waals surface area contributed by atoms with E-state index in [-0.39, 0.29) is 5.41 Å². The molecule has 122 valence electrons. The zero-order valence-electron chi connectivity index (χ0n) is 13.8. The lowest BCUT2D eigenvalue weighted by Crippen LogP contribution is -2.43. The van der Waals surface area contributed by atoms with Crippen LogP contribution in [0.3, 0.4) is 0 Å². The number of benzene rings is 1. The summed E-state index contributed by atoms with van der Waals surface area (Å²) in [5, 5.41) is 7.40. The van der Waals surface area contributed by atoms with E-state index in [0.29, 0.717) is 6.54 Å². The number of nitrogens with zero attached hydrogens (tertiary/aromatic N) is 2. The molecule has 0 unspecified atom stereocenters. The maximum absolute atomic E-state index is 5.96. The van der Waals surface area contributed by atoms with Gasteiger partial charge in [0, 0.05) is 30.2 Å². The van der Waals surface area contributed by atoms with Crippen LogP contribution in [0.2, 0.25) is 5.02 Å². The van der Waals surface area contributed by atoms with Crippen molar-refractivity contribution in [2.24, 2.45) is 4.99 Å². The molecule has 0 bridgehead atoms. The fourth-order valence-corrected chi connectivity index (χ4v) is 2.33. The Balaban J connectivity index is 1.90. The topological polar surface area (TPSA) is 49.3 Å². The van der Waals surface area contributed by atoms with Crippen LogP contribution in [0.5, 0.6) is 0 Å². The lowest BCUT2D eigenvalue weighted by Gasteiger charge is -2.26. The van der Waals surface area contributed by atoms with Crippen LogP contribution in [0, 0.1) is 0 Å². The minimum absolute atomic E-state index is 0.0345. The van der Waals surface area contributed by atoms with Gasteiger partial charge in [0.2, 0.25) is 0 Å². The van der Waals surface area contributed by atoms with E-state index in [9.17, 15) is 0 Å². The molecule has 5 heteroatoms. The third-order valence-electron chi connectivity index (χ3n) is 3.71. The molecule has 0 fully saturated rings. The van der Waals surface area contributed by atoms with Gasteiger partial charge >= 0.3 is 0 Å². The van der Waals surface area contributed by atoms with Crippen LogP contribution in [0.1, 0.15) is 25.1 Å². The van der Waals surface area contributed by atoms with Crippen molar-refractivity contribution in [3.05, 3.63) is 64.9 Å². The summed E-state index contributed by atoms with van der Waals surface area (Å²) in [6.45, 7) is 5.78. The van der Waals surface area contributed by atoms with Gasteiger partial charge in [0.25, 0.3) is 0 Å². The Morgan fingerprint density at radius 1 is 1.13 bits per heavy atom. The van der Waals surface area contributed by atoms with E-state index in [1.165, 1.54) is 5.56 Å². The number of pyridine rings is 1. The highest BCUT2D eigenvalue weighted by Gasteiger charge is 2.20. The molecule has 0 atom stereocenters. The molecule has 0 aliphatic rings. The van der Waals surface area contributed by atoms with Gasteiger partial charge in [-0.3, -0.25) is 9.98 Å². The summed E-state index contributed by atoms with van der Waals surface area (Å²) in [7, 11) is 1.77. The molecule has 23 heavy (non-hydrogen) atoms. The Kier molecular flexibility index (Phi) is 5.99. The molecule has 1 aromatic heterocycles. The molecule has 0 aliphatic heterocycles. The van der Waals surface area contributed by atoms with E-state index in [1.54, 1.807) is 13.2 Å². The zero-order chi connectivity index (χ0) is 16.7. The molecule has 2 N–H and O–H groups in total. The van der Waals surface area contributed by atoms with Gasteiger partial charge < -0.3 is 10.6 Å². The van der Waals surface area contributed by atoms with Crippen LogP contribution >= 0.6 is 11.6 Å². The third-order valence-corrected chi connectivity index (χ3v) is 3.96. The highest BCUT2D eigenvalue weighted by atomic mass is 35.5. The molecule has 1 aromatic carbocycles. The molecule has 0 radical (unpaired) electrons. The minimum Gasteiger partial charge on any atom is -0.356 e. The molecule has 0 saturated heterocycles. The Hall–Kier alpha value is -2.07. The second-order valence-electron chi connectivity index (χ2n) is 5.99. The van der Waals surface area contributed by atoms with Crippen LogP contribution in [-0.2, 0) is 12.0 Å². The quantitative estimate of drug-likeness (QED) is 0.652. The Bertz CT molecular complexity index is 636. The Morgan fingerprint density at radius 2 is 1.87 bits per heavy atom. The van der Waals surface area contributed by atoms with Crippen molar-refractivity contribution in [1.29, 1.82) is 0 Å². The molecule has 0 aliphatic carbocycles. The van der Waals surface area contributed by atoms with Gasteiger partial charge in [-0.1, -0.05) is 43.6 Å². The fourth-order valence-electron chi connectivity index (χ4n) is 2.21. The molecule has 0 spiro atoms. The second kappa shape index (κ2) is 7.97. The first-order valence-electron chi connectivity index (χ1n) is 7.62. The number of halogens is 1. The van der Waals surface area contributed by atoms with Crippen molar-refractivity contribution in [1.82, 2.24) is 15.6 Å². The van der Waals surface area contributed by atoms with E-state index in [0.717, 1.165) is 23.2 Å². The molecule has 4 nitrogen and oxygen atoms in total. The smallest absolute Gasteiger partial charge is 0.191 e. The number of hydrogen-bond acceptors (Lipinski definition) is 2.